The number of fused-ring (bicyclic) bond motifs is 1. The molecule has 0 atom stereocenters. The van der Waals surface area contributed by atoms with E-state index < -0.39 is 0 Å². The fraction of sp³-hybridized carbons (Fsp3) is 0.200. The summed E-state index contributed by atoms with van der Waals surface area (Å²) in [4.78, 5) is 17.2. The van der Waals surface area contributed by atoms with Crippen LogP contribution in [0.1, 0.15) is 11.3 Å². The molecule has 0 unspecified atom stereocenters. The number of anilines is 1. The first-order chi connectivity index (χ1) is 16.1. The largest absolute Gasteiger partial charge is 0.493 e. The molecule has 0 aliphatic carbocycles. The van der Waals surface area contributed by atoms with Crippen LogP contribution in [0.3, 0.4) is 0 Å². The van der Waals surface area contributed by atoms with Gasteiger partial charge in [0.1, 0.15) is 18.0 Å². The minimum atomic E-state index is -0.179. The molecule has 0 saturated heterocycles. The smallest absolute Gasteiger partial charge is 0.228 e. The Morgan fingerprint density at radius 2 is 1.76 bits per heavy atom. The average molecular weight is 447 g/mol. The Labute approximate surface area is 191 Å². The molecule has 2 aromatic carbocycles. The monoisotopic (exact) mass is 447 g/mol. The molecule has 1 N–H and O–H groups in total. The second-order valence-corrected chi connectivity index (χ2v) is 7.27. The Bertz CT molecular complexity index is 1210. The van der Waals surface area contributed by atoms with Crippen LogP contribution in [-0.4, -0.2) is 36.6 Å². The van der Waals surface area contributed by atoms with Gasteiger partial charge in [-0.3, -0.25) is 4.79 Å². The number of nitrogens with zero attached hydrogens (tertiary/aromatic N) is 2. The number of amides is 1. The highest BCUT2D eigenvalue weighted by Gasteiger charge is 2.15. The van der Waals surface area contributed by atoms with Crippen molar-refractivity contribution in [3.63, 3.8) is 0 Å². The van der Waals surface area contributed by atoms with Crippen LogP contribution in [0.4, 0.5) is 5.69 Å². The molecule has 0 aliphatic rings. The van der Waals surface area contributed by atoms with Gasteiger partial charge in [-0.25, -0.2) is 4.98 Å². The van der Waals surface area contributed by atoms with Gasteiger partial charge in [-0.2, -0.15) is 0 Å². The number of methoxy groups -OCH3 is 3. The summed E-state index contributed by atoms with van der Waals surface area (Å²) in [7, 11) is 4.62. The summed E-state index contributed by atoms with van der Waals surface area (Å²) in [5.41, 5.74) is 3.06. The highest BCUT2D eigenvalue weighted by Crippen LogP contribution is 2.38. The lowest BCUT2D eigenvalue weighted by molar-refractivity contribution is -0.115. The fourth-order valence-electron chi connectivity index (χ4n) is 3.51. The highest BCUT2D eigenvalue weighted by atomic mass is 16.5. The quantitative estimate of drug-likeness (QED) is 0.416. The minimum absolute atomic E-state index is 0.142. The molecule has 0 saturated carbocycles. The van der Waals surface area contributed by atoms with Gasteiger partial charge in [0.15, 0.2) is 11.5 Å². The Morgan fingerprint density at radius 3 is 2.45 bits per heavy atom. The van der Waals surface area contributed by atoms with Crippen molar-refractivity contribution in [2.75, 3.05) is 26.6 Å². The van der Waals surface area contributed by atoms with E-state index in [2.05, 4.69) is 10.3 Å². The third-order valence-electron chi connectivity index (χ3n) is 5.01. The number of imidazole rings is 1. The van der Waals surface area contributed by atoms with Crippen molar-refractivity contribution in [2.45, 2.75) is 13.0 Å². The normalized spacial score (nSPS) is 10.6. The van der Waals surface area contributed by atoms with Crippen LogP contribution in [-0.2, 0) is 17.8 Å². The third-order valence-corrected chi connectivity index (χ3v) is 5.01. The molecule has 2 aromatic heterocycles. The Balaban J connectivity index is 1.40. The fourth-order valence-corrected chi connectivity index (χ4v) is 3.51. The van der Waals surface area contributed by atoms with Crippen molar-refractivity contribution in [3.05, 3.63) is 78.2 Å². The maximum atomic E-state index is 12.6. The lowest BCUT2D eigenvalue weighted by atomic mass is 10.1. The number of carbonyl (C=O) groups excluding carboxylic acids is 1. The molecule has 1 amide bonds. The Morgan fingerprint density at radius 1 is 0.970 bits per heavy atom. The van der Waals surface area contributed by atoms with Gasteiger partial charge in [0, 0.05) is 24.1 Å². The molecular formula is C25H25N3O5. The first-order valence-electron chi connectivity index (χ1n) is 10.3. The number of hydrogen-bond donors (Lipinski definition) is 1. The summed E-state index contributed by atoms with van der Waals surface area (Å²) in [6.07, 6.45) is 4.01. The van der Waals surface area contributed by atoms with E-state index >= 15 is 0 Å². The molecule has 8 heteroatoms. The summed E-state index contributed by atoms with van der Waals surface area (Å²) < 4.78 is 23.9. The zero-order valence-corrected chi connectivity index (χ0v) is 18.7. The Kier molecular flexibility index (Phi) is 6.64. The average Bonchev–Trinajstić information content (AvgIpc) is 3.25. The summed E-state index contributed by atoms with van der Waals surface area (Å²) >= 11 is 0. The zero-order chi connectivity index (χ0) is 23.2. The SMILES string of the molecule is COc1cc(CC(=O)Nc2cccc(OCc3cn4ccccc4n3)c2)cc(OC)c1OC. The second kappa shape index (κ2) is 9.95. The van der Waals surface area contributed by atoms with Crippen LogP contribution in [0.5, 0.6) is 23.0 Å². The van der Waals surface area contributed by atoms with Crippen LogP contribution in [0.2, 0.25) is 0 Å². The number of nitrogens with one attached hydrogen (secondary N) is 1. The molecule has 0 aliphatic heterocycles. The first kappa shape index (κ1) is 22.0. The lowest BCUT2D eigenvalue weighted by Crippen LogP contribution is -2.14. The van der Waals surface area contributed by atoms with E-state index in [0.29, 0.717) is 35.3 Å². The van der Waals surface area contributed by atoms with Gasteiger partial charge in [-0.1, -0.05) is 12.1 Å². The zero-order valence-electron chi connectivity index (χ0n) is 18.7. The van der Waals surface area contributed by atoms with E-state index in [-0.39, 0.29) is 12.3 Å². The molecule has 0 radical (unpaired) electrons. The van der Waals surface area contributed by atoms with Crippen LogP contribution < -0.4 is 24.3 Å². The molecule has 4 rings (SSSR count). The number of ether oxygens (including phenoxy) is 4. The lowest BCUT2D eigenvalue weighted by Gasteiger charge is -2.14. The van der Waals surface area contributed by atoms with E-state index in [1.54, 1.807) is 32.4 Å². The van der Waals surface area contributed by atoms with Crippen molar-refractivity contribution in [3.8, 4) is 23.0 Å². The molecule has 0 spiro atoms. The molecule has 33 heavy (non-hydrogen) atoms. The number of rotatable bonds is 9. The van der Waals surface area contributed by atoms with E-state index in [1.165, 1.54) is 7.11 Å². The van der Waals surface area contributed by atoms with Gasteiger partial charge in [0.2, 0.25) is 11.7 Å². The number of hydrogen-bond acceptors (Lipinski definition) is 6. The van der Waals surface area contributed by atoms with Crippen LogP contribution >= 0.6 is 0 Å². The second-order valence-electron chi connectivity index (χ2n) is 7.27. The summed E-state index contributed by atoms with van der Waals surface area (Å²) in [6, 6.07) is 16.6. The number of benzene rings is 2. The number of aromatic nitrogens is 2. The van der Waals surface area contributed by atoms with Crippen molar-refractivity contribution in [1.82, 2.24) is 9.38 Å². The van der Waals surface area contributed by atoms with Gasteiger partial charge >= 0.3 is 0 Å². The van der Waals surface area contributed by atoms with E-state index in [0.717, 1.165) is 16.9 Å². The van der Waals surface area contributed by atoms with Gasteiger partial charge < -0.3 is 28.7 Å². The molecule has 170 valence electrons. The van der Waals surface area contributed by atoms with Crippen LogP contribution in [0.15, 0.2) is 67.0 Å². The third kappa shape index (κ3) is 5.17. The number of carbonyl (C=O) groups is 1. The predicted molar refractivity (Wildman–Crippen MR) is 124 cm³/mol. The molecule has 8 nitrogen and oxygen atoms in total. The highest BCUT2D eigenvalue weighted by molar-refractivity contribution is 5.92. The summed E-state index contributed by atoms with van der Waals surface area (Å²) in [5, 5.41) is 2.90. The number of pyridine rings is 1. The molecule has 0 fully saturated rings. The Hall–Kier alpha value is -4.20. The standard InChI is InChI=1S/C25H25N3O5/c1-30-21-11-17(12-22(31-2)25(21)32-3)13-24(29)27-18-7-6-8-20(14-18)33-16-19-15-28-10-5-4-9-23(28)26-19/h4-12,14-15H,13,16H2,1-3H3,(H,27,29). The van der Waals surface area contributed by atoms with Crippen LogP contribution in [0, 0.1) is 0 Å². The maximum Gasteiger partial charge on any atom is 0.228 e. The van der Waals surface area contributed by atoms with Gasteiger partial charge in [0.25, 0.3) is 0 Å². The van der Waals surface area contributed by atoms with Crippen LogP contribution in [0.25, 0.3) is 5.65 Å². The van der Waals surface area contributed by atoms with Crippen molar-refractivity contribution in [1.29, 1.82) is 0 Å². The maximum absolute atomic E-state index is 12.6. The summed E-state index contributed by atoms with van der Waals surface area (Å²) in [5.74, 6) is 1.95. The molecular weight excluding hydrogens is 422 g/mol. The van der Waals surface area contributed by atoms with Gasteiger partial charge in [-0.05, 0) is 42.0 Å². The van der Waals surface area contributed by atoms with Crippen molar-refractivity contribution < 1.29 is 23.7 Å². The van der Waals surface area contributed by atoms with E-state index in [1.807, 2.05) is 53.2 Å². The van der Waals surface area contributed by atoms with Crippen molar-refractivity contribution in [2.24, 2.45) is 0 Å². The van der Waals surface area contributed by atoms with Gasteiger partial charge in [-0.15, -0.1) is 0 Å². The van der Waals surface area contributed by atoms with Crippen molar-refractivity contribution >= 4 is 17.2 Å². The van der Waals surface area contributed by atoms with E-state index in [4.69, 9.17) is 18.9 Å². The van der Waals surface area contributed by atoms with E-state index in [9.17, 15) is 4.79 Å². The minimum Gasteiger partial charge on any atom is -0.493 e. The molecule has 0 bridgehead atoms. The first-order valence-corrected chi connectivity index (χ1v) is 10.3. The van der Waals surface area contributed by atoms with Gasteiger partial charge in [0.05, 0.1) is 33.4 Å². The molecule has 2 heterocycles. The summed E-state index contributed by atoms with van der Waals surface area (Å²) in [6.45, 7) is 0.324. The topological polar surface area (TPSA) is 83.3 Å². The predicted octanol–water partition coefficient (Wildman–Crippen LogP) is 4.12. The molecule has 4 aromatic rings.